The molecule has 142 valence electrons. The molecule has 27 heavy (non-hydrogen) atoms. The summed E-state index contributed by atoms with van der Waals surface area (Å²) in [5.74, 6) is -0.0548. The van der Waals surface area contributed by atoms with Crippen molar-refractivity contribution in [3.63, 3.8) is 0 Å². The average molecular weight is 388 g/mol. The van der Waals surface area contributed by atoms with Gasteiger partial charge in [0.05, 0.1) is 6.42 Å². The second-order valence-corrected chi connectivity index (χ2v) is 6.82. The van der Waals surface area contributed by atoms with Gasteiger partial charge in [-0.2, -0.15) is 0 Å². The second-order valence-electron chi connectivity index (χ2n) is 6.38. The first-order valence-corrected chi connectivity index (χ1v) is 9.20. The average Bonchev–Trinajstić information content (AvgIpc) is 2.68. The van der Waals surface area contributed by atoms with Crippen LogP contribution < -0.4 is 10.6 Å². The van der Waals surface area contributed by atoms with Gasteiger partial charge in [0.2, 0.25) is 5.91 Å². The summed E-state index contributed by atoms with van der Waals surface area (Å²) in [5.41, 5.74) is 7.02. The van der Waals surface area contributed by atoms with E-state index in [1.165, 1.54) is 0 Å². The Morgan fingerprint density at radius 3 is 2.22 bits per heavy atom. The number of nitrogens with zero attached hydrogens (tertiary/aromatic N) is 2. The van der Waals surface area contributed by atoms with Crippen LogP contribution in [-0.2, 0) is 9.53 Å². The van der Waals surface area contributed by atoms with E-state index < -0.39 is 12.2 Å². The third-order valence-electron chi connectivity index (χ3n) is 4.61. The number of amides is 2. The summed E-state index contributed by atoms with van der Waals surface area (Å²) >= 11 is 5.93. The molecule has 2 N–H and O–H groups in total. The highest BCUT2D eigenvalue weighted by Gasteiger charge is 2.26. The minimum Gasteiger partial charge on any atom is -0.441 e. The van der Waals surface area contributed by atoms with Gasteiger partial charge in [-0.15, -0.1) is 0 Å². The first-order valence-electron chi connectivity index (χ1n) is 8.82. The van der Waals surface area contributed by atoms with Crippen LogP contribution >= 0.6 is 11.6 Å². The van der Waals surface area contributed by atoms with Crippen LogP contribution in [0, 0.1) is 0 Å². The molecular formula is C20H22ClN3O3. The van der Waals surface area contributed by atoms with Gasteiger partial charge in [0.25, 0.3) is 0 Å². The number of hydrogen-bond donors (Lipinski definition) is 1. The van der Waals surface area contributed by atoms with Crippen LogP contribution in [0.1, 0.15) is 18.1 Å². The van der Waals surface area contributed by atoms with E-state index in [1.54, 1.807) is 4.90 Å². The lowest BCUT2D eigenvalue weighted by molar-refractivity contribution is -0.133. The van der Waals surface area contributed by atoms with Crippen molar-refractivity contribution in [1.82, 2.24) is 4.90 Å². The molecule has 3 rings (SSSR count). The van der Waals surface area contributed by atoms with E-state index in [9.17, 15) is 9.59 Å². The molecular weight excluding hydrogens is 366 g/mol. The molecule has 0 aromatic heterocycles. The maximum Gasteiger partial charge on any atom is 0.405 e. The van der Waals surface area contributed by atoms with Crippen molar-refractivity contribution >= 4 is 29.3 Å². The predicted octanol–water partition coefficient (Wildman–Crippen LogP) is 3.22. The number of nitrogens with two attached hydrogens (primary N) is 1. The van der Waals surface area contributed by atoms with Crippen LogP contribution in [0.2, 0.25) is 5.02 Å². The predicted molar refractivity (Wildman–Crippen MR) is 105 cm³/mol. The molecule has 0 radical (unpaired) electrons. The highest BCUT2D eigenvalue weighted by atomic mass is 35.5. The van der Waals surface area contributed by atoms with Crippen molar-refractivity contribution in [2.45, 2.75) is 12.5 Å². The van der Waals surface area contributed by atoms with Crippen molar-refractivity contribution in [3.8, 4) is 0 Å². The number of anilines is 1. The number of halogens is 1. The van der Waals surface area contributed by atoms with Crippen LogP contribution in [0.5, 0.6) is 0 Å². The lowest BCUT2D eigenvalue weighted by Crippen LogP contribution is -2.49. The third-order valence-corrected chi connectivity index (χ3v) is 4.87. The number of ether oxygens (including phenoxy) is 1. The number of primary amides is 1. The molecule has 1 unspecified atom stereocenters. The third kappa shape index (κ3) is 5.14. The Morgan fingerprint density at radius 1 is 1.00 bits per heavy atom. The zero-order chi connectivity index (χ0) is 19.2. The minimum absolute atomic E-state index is 0.0548. The van der Waals surface area contributed by atoms with Crippen LogP contribution in [0.3, 0.4) is 0 Å². The van der Waals surface area contributed by atoms with Crippen molar-refractivity contribution < 1.29 is 14.3 Å². The van der Waals surface area contributed by atoms with Crippen LogP contribution in [-0.4, -0.2) is 43.1 Å². The lowest BCUT2D eigenvalue weighted by Gasteiger charge is -2.36. The van der Waals surface area contributed by atoms with Gasteiger partial charge < -0.3 is 20.3 Å². The molecule has 1 atom stereocenters. The Balaban J connectivity index is 1.59. The fourth-order valence-corrected chi connectivity index (χ4v) is 3.32. The number of benzene rings is 2. The number of carbonyl (C=O) groups is 2. The van der Waals surface area contributed by atoms with Crippen LogP contribution in [0.25, 0.3) is 0 Å². The lowest BCUT2D eigenvalue weighted by atomic mass is 10.1. The van der Waals surface area contributed by atoms with E-state index in [0.717, 1.165) is 24.3 Å². The quantitative estimate of drug-likeness (QED) is 0.854. The highest BCUT2D eigenvalue weighted by molar-refractivity contribution is 6.30. The Bertz CT molecular complexity index is 775. The summed E-state index contributed by atoms with van der Waals surface area (Å²) in [6, 6.07) is 16.9. The number of piperazine rings is 1. The Kier molecular flexibility index (Phi) is 6.19. The highest BCUT2D eigenvalue weighted by Crippen LogP contribution is 2.24. The SMILES string of the molecule is NC(=O)OC(CC(=O)N1CCN(c2ccc(Cl)cc2)CC1)c1ccccc1. The normalized spacial score (nSPS) is 15.3. The van der Waals surface area contributed by atoms with Crippen LogP contribution in [0.15, 0.2) is 54.6 Å². The molecule has 1 aliphatic rings. The molecule has 2 amide bonds. The first-order chi connectivity index (χ1) is 13.0. The Hall–Kier alpha value is -2.73. The van der Waals surface area contributed by atoms with Gasteiger partial charge in [0.1, 0.15) is 6.10 Å². The van der Waals surface area contributed by atoms with E-state index in [-0.39, 0.29) is 12.3 Å². The Morgan fingerprint density at radius 2 is 1.63 bits per heavy atom. The second kappa shape index (κ2) is 8.77. The maximum atomic E-state index is 12.7. The van der Waals surface area contributed by atoms with Gasteiger partial charge in [0, 0.05) is 36.9 Å². The fourth-order valence-electron chi connectivity index (χ4n) is 3.19. The van der Waals surface area contributed by atoms with E-state index in [4.69, 9.17) is 22.1 Å². The van der Waals surface area contributed by atoms with Crippen molar-refractivity contribution in [3.05, 3.63) is 65.2 Å². The van der Waals surface area contributed by atoms with E-state index in [2.05, 4.69) is 4.90 Å². The van der Waals surface area contributed by atoms with Gasteiger partial charge in [-0.05, 0) is 29.8 Å². The first kappa shape index (κ1) is 19.0. The van der Waals surface area contributed by atoms with Gasteiger partial charge in [-0.3, -0.25) is 4.79 Å². The molecule has 0 bridgehead atoms. The van der Waals surface area contributed by atoms with E-state index >= 15 is 0 Å². The van der Waals surface area contributed by atoms with Gasteiger partial charge in [0.15, 0.2) is 0 Å². The van der Waals surface area contributed by atoms with Crippen molar-refractivity contribution in [2.75, 3.05) is 31.1 Å². The molecule has 1 heterocycles. The van der Waals surface area contributed by atoms with Gasteiger partial charge in [-0.25, -0.2) is 4.79 Å². The van der Waals surface area contributed by atoms with Gasteiger partial charge in [-0.1, -0.05) is 41.9 Å². The molecule has 1 fully saturated rings. The summed E-state index contributed by atoms with van der Waals surface area (Å²) in [7, 11) is 0. The molecule has 2 aromatic carbocycles. The summed E-state index contributed by atoms with van der Waals surface area (Å²) in [6.07, 6.45) is -1.48. The Labute approximate surface area is 163 Å². The zero-order valence-electron chi connectivity index (χ0n) is 14.9. The molecule has 7 heteroatoms. The molecule has 1 aliphatic heterocycles. The summed E-state index contributed by atoms with van der Waals surface area (Å²) < 4.78 is 5.17. The number of hydrogen-bond acceptors (Lipinski definition) is 4. The van der Waals surface area contributed by atoms with Crippen LogP contribution in [0.4, 0.5) is 10.5 Å². The van der Waals surface area contributed by atoms with E-state index in [1.807, 2.05) is 54.6 Å². The molecule has 0 aliphatic carbocycles. The zero-order valence-corrected chi connectivity index (χ0v) is 15.6. The minimum atomic E-state index is -0.885. The molecule has 1 saturated heterocycles. The summed E-state index contributed by atoms with van der Waals surface area (Å²) in [6.45, 7) is 2.69. The molecule has 2 aromatic rings. The maximum absolute atomic E-state index is 12.7. The van der Waals surface area contributed by atoms with Gasteiger partial charge >= 0.3 is 6.09 Å². The van der Waals surface area contributed by atoms with Crippen molar-refractivity contribution in [2.24, 2.45) is 5.73 Å². The van der Waals surface area contributed by atoms with E-state index in [0.29, 0.717) is 18.1 Å². The molecule has 0 saturated carbocycles. The monoisotopic (exact) mass is 387 g/mol. The largest absolute Gasteiger partial charge is 0.441 e. The standard InChI is InChI=1S/C20H22ClN3O3/c21-16-6-8-17(9-7-16)23-10-12-24(13-11-23)19(25)14-18(27-20(22)26)15-4-2-1-3-5-15/h1-9,18H,10-14H2,(H2,22,26). The number of carbonyl (C=O) groups excluding carboxylic acids is 2. The number of rotatable bonds is 5. The fraction of sp³-hybridized carbons (Fsp3) is 0.300. The van der Waals surface area contributed by atoms with Crippen molar-refractivity contribution in [1.29, 1.82) is 0 Å². The summed E-state index contributed by atoms with van der Waals surface area (Å²) in [4.78, 5) is 27.9. The molecule has 6 nitrogen and oxygen atoms in total. The summed E-state index contributed by atoms with van der Waals surface area (Å²) in [5, 5.41) is 0.703. The smallest absolute Gasteiger partial charge is 0.405 e. The molecule has 0 spiro atoms. The topological polar surface area (TPSA) is 75.9 Å².